The van der Waals surface area contributed by atoms with Gasteiger partial charge in [0, 0.05) is 30.4 Å². The predicted molar refractivity (Wildman–Crippen MR) is 67.3 cm³/mol. The molecule has 2 rings (SSSR count). The van der Waals surface area contributed by atoms with Crippen molar-refractivity contribution in [3.05, 3.63) is 47.5 Å². The van der Waals surface area contributed by atoms with Crippen molar-refractivity contribution in [1.82, 2.24) is 9.88 Å². The second kappa shape index (κ2) is 5.01. The third kappa shape index (κ3) is 2.85. The molecule has 0 amide bonds. The summed E-state index contributed by atoms with van der Waals surface area (Å²) in [6.07, 6.45) is 3.43. The number of pyridine rings is 1. The van der Waals surface area contributed by atoms with Crippen LogP contribution < -0.4 is 5.73 Å². The van der Waals surface area contributed by atoms with Gasteiger partial charge < -0.3 is 10.2 Å². The van der Waals surface area contributed by atoms with E-state index in [1.807, 2.05) is 25.1 Å². The summed E-state index contributed by atoms with van der Waals surface area (Å²) in [6, 6.07) is 5.90. The summed E-state index contributed by atoms with van der Waals surface area (Å²) in [5.74, 6) is 1.57. The number of anilines is 1. The first kappa shape index (κ1) is 11.7. The smallest absolute Gasteiger partial charge is 0.127 e. The van der Waals surface area contributed by atoms with Crippen molar-refractivity contribution < 1.29 is 4.42 Å². The summed E-state index contributed by atoms with van der Waals surface area (Å²) in [6.45, 7) is 3.60. The Morgan fingerprint density at radius 1 is 1.29 bits per heavy atom. The molecule has 0 aromatic carbocycles. The molecule has 2 heterocycles. The highest BCUT2D eigenvalue weighted by atomic mass is 16.3. The Morgan fingerprint density at radius 3 is 2.71 bits per heavy atom. The van der Waals surface area contributed by atoms with E-state index < -0.39 is 0 Å². The maximum absolute atomic E-state index is 5.82. The molecule has 2 N–H and O–H groups in total. The maximum Gasteiger partial charge on any atom is 0.127 e. The lowest BCUT2D eigenvalue weighted by atomic mass is 10.2. The van der Waals surface area contributed by atoms with Crippen molar-refractivity contribution >= 4 is 5.82 Å². The largest absolute Gasteiger partial charge is 0.469 e. The fourth-order valence-corrected chi connectivity index (χ4v) is 1.80. The van der Waals surface area contributed by atoms with Crippen LogP contribution in [0.4, 0.5) is 5.82 Å². The van der Waals surface area contributed by atoms with E-state index in [-0.39, 0.29) is 0 Å². The zero-order valence-electron chi connectivity index (χ0n) is 10.2. The highest BCUT2D eigenvalue weighted by Gasteiger charge is 2.07. The van der Waals surface area contributed by atoms with Crippen molar-refractivity contribution in [2.75, 3.05) is 12.8 Å². The summed E-state index contributed by atoms with van der Waals surface area (Å²) in [4.78, 5) is 6.27. The lowest BCUT2D eigenvalue weighted by Crippen LogP contribution is -2.18. The molecule has 0 fully saturated rings. The van der Waals surface area contributed by atoms with E-state index in [1.165, 1.54) is 5.56 Å². The van der Waals surface area contributed by atoms with Gasteiger partial charge in [0.15, 0.2) is 0 Å². The van der Waals surface area contributed by atoms with Crippen molar-refractivity contribution in [3.63, 3.8) is 0 Å². The van der Waals surface area contributed by atoms with Crippen LogP contribution in [-0.4, -0.2) is 16.9 Å². The average molecular weight is 231 g/mol. The highest BCUT2D eigenvalue weighted by Crippen LogP contribution is 2.14. The maximum atomic E-state index is 5.82. The molecule has 0 unspecified atom stereocenters. The lowest BCUT2D eigenvalue weighted by molar-refractivity contribution is 0.316. The molecule has 0 bridgehead atoms. The summed E-state index contributed by atoms with van der Waals surface area (Å²) >= 11 is 0. The van der Waals surface area contributed by atoms with E-state index in [0.717, 1.165) is 24.4 Å². The van der Waals surface area contributed by atoms with Gasteiger partial charge in [-0.15, -0.1) is 0 Å². The molecule has 0 saturated heterocycles. The van der Waals surface area contributed by atoms with Gasteiger partial charge in [-0.2, -0.15) is 0 Å². The zero-order chi connectivity index (χ0) is 12.3. The van der Waals surface area contributed by atoms with Gasteiger partial charge in [-0.05, 0) is 26.1 Å². The summed E-state index contributed by atoms with van der Waals surface area (Å²) < 4.78 is 5.28. The molecular formula is C13H17N3O. The monoisotopic (exact) mass is 231 g/mol. The number of nitrogens with two attached hydrogens (primary N) is 1. The molecule has 0 aliphatic carbocycles. The van der Waals surface area contributed by atoms with Crippen LogP contribution in [0.5, 0.6) is 0 Å². The van der Waals surface area contributed by atoms with Crippen LogP contribution in [0, 0.1) is 6.92 Å². The Bertz CT molecular complexity index is 493. The van der Waals surface area contributed by atoms with Crippen LogP contribution >= 0.6 is 0 Å². The number of rotatable bonds is 4. The first-order valence-corrected chi connectivity index (χ1v) is 5.57. The van der Waals surface area contributed by atoms with Gasteiger partial charge in [0.1, 0.15) is 11.6 Å². The molecular weight excluding hydrogens is 214 g/mol. The predicted octanol–water partition coefficient (Wildman–Crippen LogP) is 2.20. The van der Waals surface area contributed by atoms with Crippen molar-refractivity contribution in [2.45, 2.75) is 20.0 Å². The van der Waals surface area contributed by atoms with Crippen molar-refractivity contribution in [3.8, 4) is 0 Å². The topological polar surface area (TPSA) is 55.3 Å². The zero-order valence-corrected chi connectivity index (χ0v) is 10.2. The Hall–Kier alpha value is -1.81. The summed E-state index contributed by atoms with van der Waals surface area (Å²) in [5, 5.41) is 0. The Labute approximate surface area is 101 Å². The Balaban J connectivity index is 2.01. The molecule has 2 aromatic rings. The number of hydrogen-bond acceptors (Lipinski definition) is 4. The number of aryl methyl sites for hydroxylation is 1. The van der Waals surface area contributed by atoms with Gasteiger partial charge in [0.25, 0.3) is 0 Å². The molecule has 0 radical (unpaired) electrons. The minimum atomic E-state index is 0.600. The number of nitrogens with zero attached hydrogens (tertiary/aromatic N) is 2. The second-order valence-electron chi connectivity index (χ2n) is 4.22. The first-order valence-electron chi connectivity index (χ1n) is 5.57. The van der Waals surface area contributed by atoms with Gasteiger partial charge in [-0.25, -0.2) is 4.98 Å². The average Bonchev–Trinajstić information content (AvgIpc) is 2.68. The second-order valence-corrected chi connectivity index (χ2v) is 4.22. The number of hydrogen-bond donors (Lipinski definition) is 1. The first-order chi connectivity index (χ1) is 8.16. The van der Waals surface area contributed by atoms with E-state index in [2.05, 4.69) is 16.9 Å². The molecule has 0 aliphatic rings. The van der Waals surface area contributed by atoms with E-state index in [9.17, 15) is 0 Å². The van der Waals surface area contributed by atoms with Crippen LogP contribution in [0.15, 0.2) is 35.1 Å². The fourth-order valence-electron chi connectivity index (χ4n) is 1.80. The SMILES string of the molecule is Cc1occc1CN(C)Cc1cccnc1N. The van der Waals surface area contributed by atoms with E-state index in [1.54, 1.807) is 12.5 Å². The molecule has 90 valence electrons. The third-order valence-electron chi connectivity index (χ3n) is 2.77. The molecule has 4 heteroatoms. The number of nitrogen functional groups attached to an aromatic ring is 1. The standard InChI is InChI=1S/C13H17N3O/c1-10-11(5-7-17-10)8-16(2)9-12-4-3-6-15-13(12)14/h3-7H,8-9H2,1-2H3,(H2,14,15). The van der Waals surface area contributed by atoms with E-state index >= 15 is 0 Å². The van der Waals surface area contributed by atoms with E-state index in [0.29, 0.717) is 5.82 Å². The normalized spacial score (nSPS) is 11.0. The van der Waals surface area contributed by atoms with E-state index in [4.69, 9.17) is 10.2 Å². The molecule has 4 nitrogen and oxygen atoms in total. The summed E-state index contributed by atoms with van der Waals surface area (Å²) in [7, 11) is 2.05. The van der Waals surface area contributed by atoms with Crippen molar-refractivity contribution in [2.24, 2.45) is 0 Å². The molecule has 0 spiro atoms. The fraction of sp³-hybridized carbons (Fsp3) is 0.308. The molecule has 17 heavy (non-hydrogen) atoms. The number of furan rings is 1. The molecule has 0 atom stereocenters. The molecule has 0 aliphatic heterocycles. The Kier molecular flexibility index (Phi) is 3.44. The van der Waals surface area contributed by atoms with Gasteiger partial charge >= 0.3 is 0 Å². The molecule has 0 saturated carbocycles. The van der Waals surface area contributed by atoms with Gasteiger partial charge in [0.05, 0.1) is 6.26 Å². The molecule has 2 aromatic heterocycles. The number of aromatic nitrogens is 1. The summed E-state index contributed by atoms with van der Waals surface area (Å²) in [5.41, 5.74) is 8.07. The van der Waals surface area contributed by atoms with Crippen LogP contribution in [0.25, 0.3) is 0 Å². The van der Waals surface area contributed by atoms with Gasteiger partial charge in [-0.3, -0.25) is 4.90 Å². The third-order valence-corrected chi connectivity index (χ3v) is 2.77. The minimum Gasteiger partial charge on any atom is -0.469 e. The van der Waals surface area contributed by atoms with Gasteiger partial charge in [-0.1, -0.05) is 6.07 Å². The minimum absolute atomic E-state index is 0.600. The highest BCUT2D eigenvalue weighted by molar-refractivity contribution is 5.38. The van der Waals surface area contributed by atoms with Crippen molar-refractivity contribution in [1.29, 1.82) is 0 Å². The van der Waals surface area contributed by atoms with Crippen LogP contribution in [0.2, 0.25) is 0 Å². The van der Waals surface area contributed by atoms with Crippen LogP contribution in [0.3, 0.4) is 0 Å². The lowest BCUT2D eigenvalue weighted by Gasteiger charge is -2.16. The Morgan fingerprint density at radius 2 is 2.06 bits per heavy atom. The van der Waals surface area contributed by atoms with Gasteiger partial charge in [0.2, 0.25) is 0 Å². The quantitative estimate of drug-likeness (QED) is 0.876. The van der Waals surface area contributed by atoms with Crippen LogP contribution in [-0.2, 0) is 13.1 Å². The van der Waals surface area contributed by atoms with Crippen LogP contribution in [0.1, 0.15) is 16.9 Å².